The Morgan fingerprint density at radius 2 is 1.74 bits per heavy atom. The maximum absolute atomic E-state index is 13.1. The van der Waals surface area contributed by atoms with Gasteiger partial charge in [-0.2, -0.15) is 0 Å². The van der Waals surface area contributed by atoms with Crippen LogP contribution >= 0.6 is 0 Å². The van der Waals surface area contributed by atoms with Crippen LogP contribution in [0.2, 0.25) is 0 Å². The molecule has 0 aromatic heterocycles. The Kier molecular flexibility index (Phi) is 10.5. The van der Waals surface area contributed by atoms with Gasteiger partial charge in [0.2, 0.25) is 0 Å². The van der Waals surface area contributed by atoms with Crippen molar-refractivity contribution in [2.45, 2.75) is 97.7 Å². The van der Waals surface area contributed by atoms with Crippen LogP contribution in [0.4, 0.5) is 14.4 Å². The Labute approximate surface area is 251 Å². The van der Waals surface area contributed by atoms with Crippen molar-refractivity contribution in [3.63, 3.8) is 0 Å². The molecule has 1 saturated heterocycles. The molecule has 3 atom stereocenters. The number of alkyl carbamates (subject to hydrolysis) is 1. The van der Waals surface area contributed by atoms with Crippen molar-refractivity contribution in [3.05, 3.63) is 34.9 Å². The molecule has 1 aromatic carbocycles. The maximum atomic E-state index is 13.1. The molecule has 13 nitrogen and oxygen atoms in total. The van der Waals surface area contributed by atoms with Gasteiger partial charge < -0.3 is 29.4 Å². The number of fused-ring (bicyclic) bond motifs is 1. The predicted octanol–water partition coefficient (Wildman–Crippen LogP) is 3.85. The van der Waals surface area contributed by atoms with E-state index in [1.807, 2.05) is 18.2 Å². The predicted molar refractivity (Wildman–Crippen MR) is 153 cm³/mol. The molecule has 238 valence electrons. The fourth-order valence-electron chi connectivity index (χ4n) is 5.07. The molecule has 0 radical (unpaired) electrons. The third-order valence-corrected chi connectivity index (χ3v) is 7.17. The molecular weight excluding hydrogens is 562 g/mol. The van der Waals surface area contributed by atoms with Crippen LogP contribution in [0.1, 0.15) is 71.1 Å². The van der Waals surface area contributed by atoms with Crippen LogP contribution < -0.4 is 5.32 Å². The van der Waals surface area contributed by atoms with E-state index in [1.165, 1.54) is 12.0 Å². The summed E-state index contributed by atoms with van der Waals surface area (Å²) in [5.41, 5.74) is 1.51. The molecule has 2 aliphatic heterocycles. The summed E-state index contributed by atoms with van der Waals surface area (Å²) in [4.78, 5) is 64.6. The molecule has 13 heteroatoms. The molecule has 3 rings (SSSR count). The fourth-order valence-corrected chi connectivity index (χ4v) is 5.07. The van der Waals surface area contributed by atoms with E-state index in [-0.39, 0.29) is 19.6 Å². The smallest absolute Gasteiger partial charge is 0.411 e. The van der Waals surface area contributed by atoms with Crippen LogP contribution in [0.3, 0.4) is 0 Å². The number of carbonyl (C=O) groups is 5. The number of aryl methyl sites for hydroxylation is 1. The summed E-state index contributed by atoms with van der Waals surface area (Å²) in [7, 11) is 1.23. The van der Waals surface area contributed by atoms with Gasteiger partial charge in [-0.05, 0) is 55.7 Å². The van der Waals surface area contributed by atoms with Crippen LogP contribution in [0.15, 0.2) is 18.2 Å². The van der Waals surface area contributed by atoms with Crippen LogP contribution in [-0.4, -0.2) is 89.2 Å². The van der Waals surface area contributed by atoms with Gasteiger partial charge in [0.05, 0.1) is 20.3 Å². The van der Waals surface area contributed by atoms with Crippen molar-refractivity contribution in [1.29, 1.82) is 0 Å². The van der Waals surface area contributed by atoms with Gasteiger partial charge in [0.25, 0.3) is 0 Å². The minimum Gasteiger partial charge on any atom is -0.480 e. The number of hydrogen-bond donors (Lipinski definition) is 2. The highest BCUT2D eigenvalue weighted by Gasteiger charge is 2.44. The lowest BCUT2D eigenvalue weighted by molar-refractivity contribution is -0.145. The van der Waals surface area contributed by atoms with E-state index in [2.05, 4.69) is 5.32 Å². The number of rotatable bonds is 8. The topological polar surface area (TPSA) is 161 Å². The summed E-state index contributed by atoms with van der Waals surface area (Å²) in [6.45, 7) is 11.1. The van der Waals surface area contributed by atoms with Gasteiger partial charge >= 0.3 is 30.2 Å². The number of methoxy groups -OCH3 is 1. The highest BCUT2D eigenvalue weighted by molar-refractivity contribution is 5.82. The number of ether oxygens (including phenoxy) is 4. The number of nitrogens with one attached hydrogen (secondary N) is 1. The monoisotopic (exact) mass is 605 g/mol. The summed E-state index contributed by atoms with van der Waals surface area (Å²) in [6.07, 6.45) is -1.57. The number of hydrogen-bond acceptors (Lipinski definition) is 9. The van der Waals surface area contributed by atoms with Crippen molar-refractivity contribution in [3.8, 4) is 0 Å². The lowest BCUT2D eigenvalue weighted by Crippen LogP contribution is -2.49. The second kappa shape index (κ2) is 13.5. The average molecular weight is 606 g/mol. The van der Waals surface area contributed by atoms with E-state index in [9.17, 15) is 29.1 Å². The lowest BCUT2D eigenvalue weighted by Gasteiger charge is -2.27. The zero-order valence-electron chi connectivity index (χ0n) is 25.9. The minimum absolute atomic E-state index is 0.00298. The number of benzene rings is 1. The first-order valence-electron chi connectivity index (χ1n) is 14.3. The van der Waals surface area contributed by atoms with Crippen molar-refractivity contribution in [1.82, 2.24) is 15.1 Å². The molecule has 0 spiro atoms. The summed E-state index contributed by atoms with van der Waals surface area (Å²) in [5.74, 6) is -1.75. The number of carbonyl (C=O) groups excluding carboxylic acids is 4. The minimum atomic E-state index is -1.14. The first-order valence-corrected chi connectivity index (χ1v) is 14.3. The quantitative estimate of drug-likeness (QED) is 0.253. The highest BCUT2D eigenvalue weighted by Crippen LogP contribution is 2.30. The third kappa shape index (κ3) is 8.98. The van der Waals surface area contributed by atoms with Gasteiger partial charge in [-0.25, -0.2) is 24.0 Å². The number of aliphatic carboxylic acids is 1. The fraction of sp³-hybridized carbons (Fsp3) is 0.633. The normalized spacial score (nSPS) is 18.9. The Balaban J connectivity index is 1.54. The lowest BCUT2D eigenvalue weighted by atomic mass is 9.87. The highest BCUT2D eigenvalue weighted by atomic mass is 16.6. The molecular formula is C30H43N3O10. The molecule has 0 bridgehead atoms. The van der Waals surface area contributed by atoms with Gasteiger partial charge in [-0.1, -0.05) is 39.0 Å². The number of carboxylic acids is 1. The molecule has 2 N–H and O–H groups in total. The van der Waals surface area contributed by atoms with Crippen LogP contribution in [0.5, 0.6) is 0 Å². The standard InChI is InChI=1S/C30H43N3O10/c1-29(2,3)23(24(34)35)31-26(37)41-13-9-12-18-10-8-11-19-15-32(17-21(18)19)27(38)42-20-14-22(25(36)40-7)33(16-20)28(39)43-30(4,5)6/h8,10-11,20,22-23H,9,12-17H2,1-7H3,(H,31,37)(H,34,35)/t20-,22+,23-/m1/s1. The van der Waals surface area contributed by atoms with Crippen molar-refractivity contribution in [2.75, 3.05) is 20.3 Å². The van der Waals surface area contributed by atoms with Gasteiger partial charge in [0, 0.05) is 19.5 Å². The summed E-state index contributed by atoms with van der Waals surface area (Å²) >= 11 is 0. The van der Waals surface area contributed by atoms with Gasteiger partial charge in [0.15, 0.2) is 0 Å². The Bertz CT molecular complexity index is 1220. The Hall–Kier alpha value is -4.03. The van der Waals surface area contributed by atoms with E-state index in [1.54, 1.807) is 46.4 Å². The van der Waals surface area contributed by atoms with E-state index < -0.39 is 59.4 Å². The van der Waals surface area contributed by atoms with E-state index >= 15 is 0 Å². The molecule has 43 heavy (non-hydrogen) atoms. The van der Waals surface area contributed by atoms with Crippen LogP contribution in [-0.2, 0) is 48.0 Å². The second-order valence-corrected chi connectivity index (χ2v) is 12.8. The molecule has 0 saturated carbocycles. The zero-order chi connectivity index (χ0) is 32.1. The maximum Gasteiger partial charge on any atom is 0.411 e. The van der Waals surface area contributed by atoms with Crippen LogP contribution in [0.25, 0.3) is 0 Å². The largest absolute Gasteiger partial charge is 0.480 e. The molecule has 0 aliphatic carbocycles. The molecule has 1 fully saturated rings. The van der Waals surface area contributed by atoms with Crippen molar-refractivity contribution < 1.29 is 48.0 Å². The Morgan fingerprint density at radius 3 is 2.35 bits per heavy atom. The van der Waals surface area contributed by atoms with Gasteiger partial charge in [0.1, 0.15) is 23.8 Å². The number of likely N-dealkylation sites (tertiary alicyclic amines) is 1. The van der Waals surface area contributed by atoms with Crippen molar-refractivity contribution >= 4 is 30.2 Å². The van der Waals surface area contributed by atoms with Crippen LogP contribution in [0, 0.1) is 5.41 Å². The first-order chi connectivity index (χ1) is 20.0. The zero-order valence-corrected chi connectivity index (χ0v) is 25.9. The van der Waals surface area contributed by atoms with Gasteiger partial charge in [-0.15, -0.1) is 0 Å². The van der Waals surface area contributed by atoms with E-state index in [4.69, 9.17) is 18.9 Å². The molecule has 2 aliphatic rings. The second-order valence-electron chi connectivity index (χ2n) is 12.8. The van der Waals surface area contributed by atoms with E-state index in [0.717, 1.165) is 16.7 Å². The number of esters is 1. The van der Waals surface area contributed by atoms with Gasteiger partial charge in [-0.3, -0.25) is 9.80 Å². The van der Waals surface area contributed by atoms with E-state index in [0.29, 0.717) is 25.9 Å². The summed E-state index contributed by atoms with van der Waals surface area (Å²) in [6, 6.07) is 3.77. The molecule has 3 amide bonds. The SMILES string of the molecule is COC(=O)[C@@H]1C[C@@H](OC(=O)N2Cc3cccc(CCCOC(=O)N[C@H](C(=O)O)C(C)(C)C)c3C2)CN1C(=O)OC(C)(C)C. The molecule has 2 heterocycles. The number of nitrogens with zero attached hydrogens (tertiary/aromatic N) is 2. The molecule has 1 aromatic rings. The number of carboxylic acid groups (broad SMARTS) is 1. The third-order valence-electron chi connectivity index (χ3n) is 7.17. The Morgan fingerprint density at radius 1 is 1.05 bits per heavy atom. The average Bonchev–Trinajstić information content (AvgIpc) is 3.52. The number of amides is 3. The first kappa shape index (κ1) is 33.5. The summed E-state index contributed by atoms with van der Waals surface area (Å²) in [5, 5.41) is 11.8. The molecule has 0 unspecified atom stereocenters. The summed E-state index contributed by atoms with van der Waals surface area (Å²) < 4.78 is 21.2. The van der Waals surface area contributed by atoms with Crippen molar-refractivity contribution in [2.24, 2.45) is 5.41 Å².